The lowest BCUT2D eigenvalue weighted by molar-refractivity contribution is 0.125. The molecule has 0 amide bonds. The van der Waals surface area contributed by atoms with Crippen molar-refractivity contribution < 1.29 is 4.74 Å². The molecule has 0 bridgehead atoms. The molecule has 0 aromatic carbocycles. The summed E-state index contributed by atoms with van der Waals surface area (Å²) in [6, 6.07) is 0.532. The fraction of sp³-hybridized carbons (Fsp3) is 0.900. The summed E-state index contributed by atoms with van der Waals surface area (Å²) in [6.45, 7) is 6.86. The van der Waals surface area contributed by atoms with E-state index in [1.807, 2.05) is 0 Å². The fourth-order valence-corrected chi connectivity index (χ4v) is 1.28. The van der Waals surface area contributed by atoms with Gasteiger partial charge in [0.1, 0.15) is 0 Å². The van der Waals surface area contributed by atoms with E-state index in [4.69, 9.17) is 15.9 Å². The van der Waals surface area contributed by atoms with Crippen LogP contribution in [0.5, 0.6) is 0 Å². The van der Waals surface area contributed by atoms with Gasteiger partial charge in [-0.3, -0.25) is 10.3 Å². The number of amidine groups is 1. The monoisotopic (exact) mass is 201 g/mol. The normalized spacial score (nSPS) is 13.1. The lowest BCUT2D eigenvalue weighted by Crippen LogP contribution is -2.37. The Hall–Kier alpha value is -0.610. The van der Waals surface area contributed by atoms with E-state index < -0.39 is 0 Å². The summed E-state index contributed by atoms with van der Waals surface area (Å²) in [6.07, 6.45) is 1.76. The Morgan fingerprint density at radius 2 is 2.14 bits per heavy atom. The molecule has 0 spiro atoms. The molecule has 0 saturated carbocycles. The van der Waals surface area contributed by atoms with Crippen molar-refractivity contribution in [3.63, 3.8) is 0 Å². The van der Waals surface area contributed by atoms with Crippen LogP contribution in [-0.2, 0) is 4.74 Å². The van der Waals surface area contributed by atoms with Gasteiger partial charge in [-0.1, -0.05) is 6.92 Å². The number of nitrogens with two attached hydrogens (primary N) is 1. The van der Waals surface area contributed by atoms with Crippen molar-refractivity contribution in [2.24, 2.45) is 5.73 Å². The second kappa shape index (κ2) is 7.76. The number of hydrogen-bond acceptors (Lipinski definition) is 3. The van der Waals surface area contributed by atoms with Crippen molar-refractivity contribution in [1.29, 1.82) is 5.41 Å². The number of ether oxygens (including phenoxy) is 1. The number of rotatable bonds is 8. The molecule has 0 saturated heterocycles. The molecule has 0 aliphatic carbocycles. The molecule has 0 aromatic heterocycles. The maximum atomic E-state index is 7.18. The highest BCUT2D eigenvalue weighted by atomic mass is 16.5. The van der Waals surface area contributed by atoms with E-state index in [0.717, 1.165) is 26.1 Å². The van der Waals surface area contributed by atoms with E-state index in [2.05, 4.69) is 18.7 Å². The van der Waals surface area contributed by atoms with Crippen LogP contribution < -0.4 is 5.73 Å². The SMILES string of the molecule is CCC(C)N(CCOC)CCC(=N)N. The first kappa shape index (κ1) is 13.4. The molecule has 0 heterocycles. The minimum absolute atomic E-state index is 0.260. The maximum absolute atomic E-state index is 7.18. The predicted octanol–water partition coefficient (Wildman–Crippen LogP) is 1.06. The van der Waals surface area contributed by atoms with Gasteiger partial charge in [-0.2, -0.15) is 0 Å². The van der Waals surface area contributed by atoms with Crippen LogP contribution >= 0.6 is 0 Å². The number of hydrogen-bond donors (Lipinski definition) is 2. The van der Waals surface area contributed by atoms with Crippen molar-refractivity contribution in [1.82, 2.24) is 4.90 Å². The first-order valence-electron chi connectivity index (χ1n) is 5.17. The molecule has 0 rings (SSSR count). The van der Waals surface area contributed by atoms with E-state index in [1.165, 1.54) is 0 Å². The molecular weight excluding hydrogens is 178 g/mol. The highest BCUT2D eigenvalue weighted by Crippen LogP contribution is 2.03. The first-order chi connectivity index (χ1) is 6.61. The van der Waals surface area contributed by atoms with Crippen LogP contribution in [0.2, 0.25) is 0 Å². The predicted molar refractivity (Wildman–Crippen MR) is 59.7 cm³/mol. The van der Waals surface area contributed by atoms with Crippen LogP contribution in [0.15, 0.2) is 0 Å². The second-order valence-corrected chi connectivity index (χ2v) is 3.56. The largest absolute Gasteiger partial charge is 0.388 e. The quantitative estimate of drug-likeness (QED) is 0.456. The smallest absolute Gasteiger partial charge is 0.0918 e. The molecule has 0 radical (unpaired) electrons. The van der Waals surface area contributed by atoms with Gasteiger partial charge in [0.15, 0.2) is 0 Å². The standard InChI is InChI=1S/C10H23N3O/c1-4-9(2)13(7-8-14-3)6-5-10(11)12/h9H,4-8H2,1-3H3,(H3,11,12). The molecule has 4 heteroatoms. The van der Waals surface area contributed by atoms with Gasteiger partial charge in [0, 0.05) is 32.7 Å². The third-order valence-electron chi connectivity index (χ3n) is 2.47. The van der Waals surface area contributed by atoms with Crippen molar-refractivity contribution in [3.05, 3.63) is 0 Å². The van der Waals surface area contributed by atoms with Gasteiger partial charge in [-0.05, 0) is 13.3 Å². The van der Waals surface area contributed by atoms with E-state index in [0.29, 0.717) is 12.5 Å². The summed E-state index contributed by atoms with van der Waals surface area (Å²) < 4.78 is 5.05. The Bertz CT molecular complexity index is 161. The number of nitrogens with one attached hydrogen (secondary N) is 1. The minimum atomic E-state index is 0.260. The number of nitrogens with zero attached hydrogens (tertiary/aromatic N) is 1. The van der Waals surface area contributed by atoms with Gasteiger partial charge in [0.2, 0.25) is 0 Å². The number of methoxy groups -OCH3 is 1. The van der Waals surface area contributed by atoms with Crippen molar-refractivity contribution in [3.8, 4) is 0 Å². The molecule has 4 nitrogen and oxygen atoms in total. The van der Waals surface area contributed by atoms with Crippen LogP contribution in [0.25, 0.3) is 0 Å². The van der Waals surface area contributed by atoms with Crippen LogP contribution in [0.4, 0.5) is 0 Å². The molecular formula is C10H23N3O. The van der Waals surface area contributed by atoms with Crippen LogP contribution in [0.3, 0.4) is 0 Å². The maximum Gasteiger partial charge on any atom is 0.0918 e. The molecule has 14 heavy (non-hydrogen) atoms. The van der Waals surface area contributed by atoms with Gasteiger partial charge in [-0.15, -0.1) is 0 Å². The highest BCUT2D eigenvalue weighted by Gasteiger charge is 2.11. The molecule has 0 aliphatic heterocycles. The summed E-state index contributed by atoms with van der Waals surface area (Å²) in [5, 5.41) is 7.18. The molecule has 1 unspecified atom stereocenters. The molecule has 3 N–H and O–H groups in total. The van der Waals surface area contributed by atoms with Gasteiger partial charge in [-0.25, -0.2) is 0 Å². The Kier molecular flexibility index (Phi) is 7.42. The Labute approximate surface area is 86.9 Å². The Morgan fingerprint density at radius 3 is 2.57 bits per heavy atom. The average molecular weight is 201 g/mol. The Morgan fingerprint density at radius 1 is 1.50 bits per heavy atom. The van der Waals surface area contributed by atoms with Gasteiger partial charge in [0.25, 0.3) is 0 Å². The lowest BCUT2D eigenvalue weighted by atomic mass is 10.2. The summed E-state index contributed by atoms with van der Waals surface area (Å²) in [5.74, 6) is 0.260. The van der Waals surface area contributed by atoms with Crippen LogP contribution in [-0.4, -0.2) is 43.6 Å². The molecule has 0 aromatic rings. The summed E-state index contributed by atoms with van der Waals surface area (Å²) in [4.78, 5) is 2.31. The average Bonchev–Trinajstić information content (AvgIpc) is 2.16. The van der Waals surface area contributed by atoms with E-state index in [1.54, 1.807) is 7.11 Å². The highest BCUT2D eigenvalue weighted by molar-refractivity contribution is 5.76. The van der Waals surface area contributed by atoms with E-state index >= 15 is 0 Å². The Balaban J connectivity index is 3.89. The summed E-state index contributed by atoms with van der Waals surface area (Å²) in [7, 11) is 1.71. The zero-order valence-corrected chi connectivity index (χ0v) is 9.55. The van der Waals surface area contributed by atoms with Crippen molar-refractivity contribution >= 4 is 5.84 Å². The topological polar surface area (TPSA) is 62.3 Å². The van der Waals surface area contributed by atoms with Gasteiger partial charge < -0.3 is 10.5 Å². The summed E-state index contributed by atoms with van der Waals surface area (Å²) in [5.41, 5.74) is 5.34. The first-order valence-corrected chi connectivity index (χ1v) is 5.17. The van der Waals surface area contributed by atoms with Crippen LogP contribution in [0.1, 0.15) is 26.7 Å². The van der Waals surface area contributed by atoms with E-state index in [9.17, 15) is 0 Å². The molecule has 1 atom stereocenters. The van der Waals surface area contributed by atoms with Gasteiger partial charge in [0.05, 0.1) is 12.4 Å². The third-order valence-corrected chi connectivity index (χ3v) is 2.47. The zero-order valence-electron chi connectivity index (χ0n) is 9.55. The molecule has 84 valence electrons. The van der Waals surface area contributed by atoms with Crippen LogP contribution in [0, 0.1) is 5.41 Å². The van der Waals surface area contributed by atoms with Crippen molar-refractivity contribution in [2.75, 3.05) is 26.8 Å². The van der Waals surface area contributed by atoms with Gasteiger partial charge >= 0.3 is 0 Å². The molecule has 0 aliphatic rings. The van der Waals surface area contributed by atoms with E-state index in [-0.39, 0.29) is 5.84 Å². The second-order valence-electron chi connectivity index (χ2n) is 3.56. The zero-order chi connectivity index (χ0) is 11.0. The lowest BCUT2D eigenvalue weighted by Gasteiger charge is -2.27. The fourth-order valence-electron chi connectivity index (χ4n) is 1.28. The van der Waals surface area contributed by atoms with Crippen molar-refractivity contribution in [2.45, 2.75) is 32.7 Å². The molecule has 0 fully saturated rings. The third kappa shape index (κ3) is 5.94. The minimum Gasteiger partial charge on any atom is -0.388 e. The summed E-state index contributed by atoms with van der Waals surface area (Å²) >= 11 is 0.